The van der Waals surface area contributed by atoms with E-state index in [2.05, 4.69) is 71.7 Å². The van der Waals surface area contributed by atoms with Crippen molar-refractivity contribution in [2.24, 2.45) is 5.73 Å². The van der Waals surface area contributed by atoms with Crippen LogP contribution in [-0.2, 0) is 0 Å². The number of fused-ring (bicyclic) bond motifs is 2. The number of H-pyrrole nitrogens is 1. The Morgan fingerprint density at radius 3 is 2.83 bits per heavy atom. The molecule has 2 aromatic heterocycles. The van der Waals surface area contributed by atoms with Gasteiger partial charge in [0.1, 0.15) is 0 Å². The SMILES string of the molecule is C=C(N)c1c(C(C)CCCCN(C)C)cc(-c2ccc3scnc3c2)c2nc[nH]c12. The monoisotopic (exact) mass is 419 g/mol. The average Bonchev–Trinajstić information content (AvgIpc) is 3.38. The van der Waals surface area contributed by atoms with Gasteiger partial charge in [-0.25, -0.2) is 9.97 Å². The number of aromatic nitrogens is 3. The van der Waals surface area contributed by atoms with Crippen molar-refractivity contribution in [3.63, 3.8) is 0 Å². The zero-order valence-electron chi connectivity index (χ0n) is 17.9. The van der Waals surface area contributed by atoms with Gasteiger partial charge < -0.3 is 15.6 Å². The van der Waals surface area contributed by atoms with Gasteiger partial charge in [0.25, 0.3) is 0 Å². The molecule has 30 heavy (non-hydrogen) atoms. The van der Waals surface area contributed by atoms with E-state index in [1.54, 1.807) is 17.7 Å². The molecule has 4 rings (SSSR count). The summed E-state index contributed by atoms with van der Waals surface area (Å²) in [6.07, 6.45) is 5.22. The molecule has 6 heteroatoms. The molecule has 2 aromatic carbocycles. The zero-order chi connectivity index (χ0) is 21.3. The first-order valence-electron chi connectivity index (χ1n) is 10.4. The Bertz CT molecular complexity index is 1190. The third-order valence-corrected chi connectivity index (χ3v) is 6.53. The maximum Gasteiger partial charge on any atom is 0.0968 e. The van der Waals surface area contributed by atoms with Gasteiger partial charge in [0.2, 0.25) is 0 Å². The number of thiazole rings is 1. The van der Waals surface area contributed by atoms with E-state index in [0.29, 0.717) is 11.6 Å². The fourth-order valence-electron chi connectivity index (χ4n) is 4.14. The van der Waals surface area contributed by atoms with Crippen LogP contribution in [0, 0.1) is 0 Å². The summed E-state index contributed by atoms with van der Waals surface area (Å²) in [6, 6.07) is 8.71. The van der Waals surface area contributed by atoms with Crippen LogP contribution in [-0.4, -0.2) is 40.5 Å². The molecule has 3 N–H and O–H groups in total. The second kappa shape index (κ2) is 8.58. The van der Waals surface area contributed by atoms with Crippen molar-refractivity contribution >= 4 is 38.3 Å². The maximum absolute atomic E-state index is 6.26. The molecule has 0 spiro atoms. The van der Waals surface area contributed by atoms with Gasteiger partial charge in [-0.15, -0.1) is 11.3 Å². The van der Waals surface area contributed by atoms with E-state index in [1.165, 1.54) is 23.1 Å². The maximum atomic E-state index is 6.26. The van der Waals surface area contributed by atoms with Gasteiger partial charge in [-0.2, -0.15) is 0 Å². The molecule has 2 heterocycles. The molecule has 0 bridgehead atoms. The van der Waals surface area contributed by atoms with Gasteiger partial charge >= 0.3 is 0 Å². The van der Waals surface area contributed by atoms with E-state index in [9.17, 15) is 0 Å². The highest BCUT2D eigenvalue weighted by atomic mass is 32.1. The lowest BCUT2D eigenvalue weighted by atomic mass is 9.86. The molecule has 0 radical (unpaired) electrons. The van der Waals surface area contributed by atoms with Crippen molar-refractivity contribution in [3.05, 3.63) is 53.8 Å². The van der Waals surface area contributed by atoms with E-state index < -0.39 is 0 Å². The molecule has 5 nitrogen and oxygen atoms in total. The summed E-state index contributed by atoms with van der Waals surface area (Å²) in [5, 5.41) is 0. The Labute approximate surface area is 181 Å². The van der Waals surface area contributed by atoms with Crippen LogP contribution in [0.1, 0.15) is 43.2 Å². The van der Waals surface area contributed by atoms with Crippen molar-refractivity contribution in [2.45, 2.75) is 32.1 Å². The molecule has 0 aliphatic heterocycles. The number of nitrogens with two attached hydrogens (primary N) is 1. The standard InChI is InChI=1S/C24H29N5S/c1-15(7-5-6-10-29(3)4)18-12-19(17-8-9-21-20(11-17)28-14-30-21)23-24(27-13-26-23)22(18)16(2)25/h8-9,11-15H,2,5-7,10,25H2,1,3-4H3,(H,26,27). The van der Waals surface area contributed by atoms with Crippen molar-refractivity contribution < 1.29 is 0 Å². The molecule has 0 saturated carbocycles. The number of aromatic amines is 1. The van der Waals surface area contributed by atoms with Gasteiger partial charge in [-0.3, -0.25) is 0 Å². The van der Waals surface area contributed by atoms with E-state index >= 15 is 0 Å². The third kappa shape index (κ3) is 3.98. The smallest absolute Gasteiger partial charge is 0.0968 e. The normalized spacial score (nSPS) is 12.8. The van der Waals surface area contributed by atoms with Crippen molar-refractivity contribution in [2.75, 3.05) is 20.6 Å². The Kier molecular flexibility index (Phi) is 5.88. The summed E-state index contributed by atoms with van der Waals surface area (Å²) >= 11 is 1.66. The fraction of sp³-hybridized carbons (Fsp3) is 0.333. The van der Waals surface area contributed by atoms with E-state index in [0.717, 1.165) is 46.2 Å². The minimum absolute atomic E-state index is 0.372. The zero-order valence-corrected chi connectivity index (χ0v) is 18.7. The van der Waals surface area contributed by atoms with Crippen molar-refractivity contribution in [1.29, 1.82) is 0 Å². The third-order valence-electron chi connectivity index (χ3n) is 5.72. The van der Waals surface area contributed by atoms with Gasteiger partial charge in [-0.05, 0) is 68.7 Å². The van der Waals surface area contributed by atoms with Crippen LogP contribution in [0.15, 0.2) is 42.7 Å². The molecule has 1 unspecified atom stereocenters. The summed E-state index contributed by atoms with van der Waals surface area (Å²) in [4.78, 5) is 14.7. The molecule has 156 valence electrons. The Hall–Kier alpha value is -2.70. The van der Waals surface area contributed by atoms with Crippen LogP contribution >= 0.6 is 11.3 Å². The average molecular weight is 420 g/mol. The first-order chi connectivity index (χ1) is 14.5. The Morgan fingerprint density at radius 2 is 2.07 bits per heavy atom. The fourth-order valence-corrected chi connectivity index (χ4v) is 4.80. The number of unbranched alkanes of at least 4 members (excludes halogenated alkanes) is 1. The van der Waals surface area contributed by atoms with Crippen LogP contribution in [0.3, 0.4) is 0 Å². The number of nitrogens with one attached hydrogen (secondary N) is 1. The van der Waals surface area contributed by atoms with E-state index in [4.69, 9.17) is 5.73 Å². The lowest BCUT2D eigenvalue weighted by Gasteiger charge is -2.20. The van der Waals surface area contributed by atoms with E-state index in [-0.39, 0.29) is 0 Å². The predicted octanol–water partition coefficient (Wildman–Crippen LogP) is 5.60. The predicted molar refractivity (Wildman–Crippen MR) is 129 cm³/mol. The molecule has 0 amide bonds. The summed E-state index contributed by atoms with van der Waals surface area (Å²) in [6.45, 7) is 7.47. The number of hydrogen-bond donors (Lipinski definition) is 2. The van der Waals surface area contributed by atoms with Crippen molar-refractivity contribution in [1.82, 2.24) is 19.9 Å². The summed E-state index contributed by atoms with van der Waals surface area (Å²) in [5.41, 5.74) is 16.1. The second-order valence-corrected chi connectivity index (χ2v) is 9.16. The molecule has 0 fully saturated rings. The summed E-state index contributed by atoms with van der Waals surface area (Å²) < 4.78 is 1.19. The number of nitrogens with zero attached hydrogens (tertiary/aromatic N) is 3. The van der Waals surface area contributed by atoms with Crippen LogP contribution in [0.4, 0.5) is 0 Å². The topological polar surface area (TPSA) is 70.8 Å². The van der Waals surface area contributed by atoms with Gasteiger partial charge in [0, 0.05) is 16.8 Å². The Morgan fingerprint density at radius 1 is 1.23 bits per heavy atom. The Balaban J connectivity index is 1.78. The molecule has 0 aliphatic rings. The van der Waals surface area contributed by atoms with Crippen LogP contribution in [0.25, 0.3) is 38.1 Å². The highest BCUT2D eigenvalue weighted by Crippen LogP contribution is 2.38. The highest BCUT2D eigenvalue weighted by molar-refractivity contribution is 7.16. The molecule has 4 aromatic rings. The molecule has 0 saturated heterocycles. The quantitative estimate of drug-likeness (QED) is 0.364. The van der Waals surface area contributed by atoms with Gasteiger partial charge in [0.15, 0.2) is 0 Å². The number of benzene rings is 2. The molecular weight excluding hydrogens is 390 g/mol. The summed E-state index contributed by atoms with van der Waals surface area (Å²) in [5.74, 6) is 0.372. The first kappa shape index (κ1) is 20.6. The lowest BCUT2D eigenvalue weighted by Crippen LogP contribution is -2.13. The first-order valence-corrected chi connectivity index (χ1v) is 11.3. The van der Waals surface area contributed by atoms with Crippen LogP contribution in [0.2, 0.25) is 0 Å². The van der Waals surface area contributed by atoms with E-state index in [1.807, 2.05) is 5.51 Å². The van der Waals surface area contributed by atoms with Crippen molar-refractivity contribution in [3.8, 4) is 11.1 Å². The summed E-state index contributed by atoms with van der Waals surface area (Å²) in [7, 11) is 4.25. The number of hydrogen-bond acceptors (Lipinski definition) is 5. The minimum Gasteiger partial charge on any atom is -0.399 e. The largest absolute Gasteiger partial charge is 0.399 e. The van der Waals surface area contributed by atoms with Gasteiger partial charge in [0.05, 0.1) is 33.1 Å². The highest BCUT2D eigenvalue weighted by Gasteiger charge is 2.20. The molecular formula is C24H29N5S. The second-order valence-electron chi connectivity index (χ2n) is 8.27. The number of rotatable bonds is 8. The van der Waals surface area contributed by atoms with Gasteiger partial charge in [-0.1, -0.05) is 26.0 Å². The minimum atomic E-state index is 0.372. The van der Waals surface area contributed by atoms with Crippen LogP contribution < -0.4 is 5.73 Å². The molecule has 1 atom stereocenters. The number of imidazole rings is 1. The molecule has 0 aliphatic carbocycles. The lowest BCUT2D eigenvalue weighted by molar-refractivity contribution is 0.388. The van der Waals surface area contributed by atoms with Crippen LogP contribution in [0.5, 0.6) is 0 Å².